The van der Waals surface area contributed by atoms with Gasteiger partial charge in [0, 0.05) is 39.1 Å². The van der Waals surface area contributed by atoms with E-state index in [9.17, 15) is 0 Å². The molecule has 1 aromatic heterocycles. The molecule has 0 saturated heterocycles. The van der Waals surface area contributed by atoms with Crippen LogP contribution in [-0.4, -0.2) is 37.3 Å². The molecule has 6 heteroatoms. The van der Waals surface area contributed by atoms with Crippen molar-refractivity contribution < 1.29 is 4.74 Å². The molecular weight excluding hydrogens is 206 g/mol. The lowest BCUT2D eigenvalue weighted by molar-refractivity contribution is 0.196. The quantitative estimate of drug-likeness (QED) is 0.418. The summed E-state index contributed by atoms with van der Waals surface area (Å²) in [6.07, 6.45) is 0.960. The molecule has 0 spiro atoms. The Morgan fingerprint density at radius 1 is 1.50 bits per heavy atom. The van der Waals surface area contributed by atoms with Crippen molar-refractivity contribution >= 4 is 11.8 Å². The average Bonchev–Trinajstić information content (AvgIpc) is 2.28. The summed E-state index contributed by atoms with van der Waals surface area (Å²) < 4.78 is 5.00. The fourth-order valence-electron chi connectivity index (χ4n) is 1.37. The third-order valence-electron chi connectivity index (χ3n) is 2.20. The zero-order valence-electron chi connectivity index (χ0n) is 10.0. The van der Waals surface area contributed by atoms with Gasteiger partial charge in [0.2, 0.25) is 5.95 Å². The number of ether oxygens (including phenoxy) is 1. The normalized spacial score (nSPS) is 10.2. The van der Waals surface area contributed by atoms with Crippen LogP contribution in [0, 0.1) is 6.92 Å². The van der Waals surface area contributed by atoms with Crippen molar-refractivity contribution in [2.24, 2.45) is 5.84 Å². The van der Waals surface area contributed by atoms with Gasteiger partial charge >= 0.3 is 0 Å². The van der Waals surface area contributed by atoms with E-state index >= 15 is 0 Å². The highest BCUT2D eigenvalue weighted by Crippen LogP contribution is 2.12. The minimum Gasteiger partial charge on any atom is -0.385 e. The van der Waals surface area contributed by atoms with Gasteiger partial charge in [0.1, 0.15) is 5.82 Å². The monoisotopic (exact) mass is 225 g/mol. The number of anilines is 2. The van der Waals surface area contributed by atoms with E-state index in [1.54, 1.807) is 7.11 Å². The van der Waals surface area contributed by atoms with E-state index in [0.717, 1.165) is 31.1 Å². The molecule has 16 heavy (non-hydrogen) atoms. The van der Waals surface area contributed by atoms with Crippen LogP contribution >= 0.6 is 0 Å². The van der Waals surface area contributed by atoms with Crippen LogP contribution in [-0.2, 0) is 4.74 Å². The lowest BCUT2D eigenvalue weighted by atomic mass is 10.3. The number of hydrogen-bond donors (Lipinski definition) is 2. The maximum Gasteiger partial charge on any atom is 0.239 e. The number of hydrazine groups is 1. The molecule has 3 N–H and O–H groups in total. The Balaban J connectivity index is 2.66. The molecule has 0 aliphatic rings. The summed E-state index contributed by atoms with van der Waals surface area (Å²) >= 11 is 0. The van der Waals surface area contributed by atoms with E-state index in [-0.39, 0.29) is 0 Å². The Kier molecular flexibility index (Phi) is 4.94. The highest BCUT2D eigenvalue weighted by atomic mass is 16.5. The van der Waals surface area contributed by atoms with Crippen LogP contribution in [0.2, 0.25) is 0 Å². The SMILES string of the molecule is COCCCN(C)c1cc(C)nc(NN)n1. The fourth-order valence-corrected chi connectivity index (χ4v) is 1.37. The fraction of sp³-hybridized carbons (Fsp3) is 0.600. The van der Waals surface area contributed by atoms with Crippen molar-refractivity contribution in [1.82, 2.24) is 9.97 Å². The first-order chi connectivity index (χ1) is 7.67. The second-order valence-electron chi connectivity index (χ2n) is 3.60. The Bertz CT molecular complexity index is 331. The van der Waals surface area contributed by atoms with E-state index in [4.69, 9.17) is 10.6 Å². The van der Waals surface area contributed by atoms with Crippen LogP contribution in [0.4, 0.5) is 11.8 Å². The number of nitrogens with zero attached hydrogens (tertiary/aromatic N) is 3. The van der Waals surface area contributed by atoms with Crippen LogP contribution in [0.3, 0.4) is 0 Å². The highest BCUT2D eigenvalue weighted by molar-refractivity contribution is 5.43. The van der Waals surface area contributed by atoms with Gasteiger partial charge in [-0.15, -0.1) is 0 Å². The number of rotatable bonds is 6. The lowest BCUT2D eigenvalue weighted by Crippen LogP contribution is -2.22. The van der Waals surface area contributed by atoms with Crippen LogP contribution in [0.1, 0.15) is 12.1 Å². The molecule has 0 unspecified atom stereocenters. The molecule has 0 aliphatic heterocycles. The predicted octanol–water partition coefficient (Wildman–Crippen LogP) is 0.543. The minimum absolute atomic E-state index is 0.439. The molecule has 0 amide bonds. The van der Waals surface area contributed by atoms with Gasteiger partial charge in [-0.05, 0) is 13.3 Å². The topological polar surface area (TPSA) is 76.3 Å². The Morgan fingerprint density at radius 2 is 2.25 bits per heavy atom. The second-order valence-corrected chi connectivity index (χ2v) is 3.60. The van der Waals surface area contributed by atoms with Gasteiger partial charge in [-0.2, -0.15) is 4.98 Å². The number of aryl methyl sites for hydroxylation is 1. The zero-order chi connectivity index (χ0) is 12.0. The van der Waals surface area contributed by atoms with Crippen LogP contribution in [0.25, 0.3) is 0 Å². The van der Waals surface area contributed by atoms with Crippen molar-refractivity contribution in [3.05, 3.63) is 11.8 Å². The summed E-state index contributed by atoms with van der Waals surface area (Å²) in [7, 11) is 3.68. The number of hydrogen-bond acceptors (Lipinski definition) is 6. The van der Waals surface area contributed by atoms with E-state index in [1.165, 1.54) is 0 Å². The average molecular weight is 225 g/mol. The van der Waals surface area contributed by atoms with Crippen molar-refractivity contribution in [1.29, 1.82) is 0 Å². The maximum atomic E-state index is 5.30. The lowest BCUT2D eigenvalue weighted by Gasteiger charge is -2.18. The first-order valence-electron chi connectivity index (χ1n) is 5.19. The molecular formula is C10H19N5O. The van der Waals surface area contributed by atoms with Crippen molar-refractivity contribution in [3.63, 3.8) is 0 Å². The van der Waals surface area contributed by atoms with E-state index in [1.807, 2.05) is 20.0 Å². The minimum atomic E-state index is 0.439. The van der Waals surface area contributed by atoms with Crippen molar-refractivity contribution in [2.45, 2.75) is 13.3 Å². The van der Waals surface area contributed by atoms with Crippen LogP contribution < -0.4 is 16.2 Å². The molecule has 0 radical (unpaired) electrons. The first-order valence-corrected chi connectivity index (χ1v) is 5.19. The van der Waals surface area contributed by atoms with Crippen molar-refractivity contribution in [3.8, 4) is 0 Å². The second kappa shape index (κ2) is 6.24. The Hall–Kier alpha value is -1.40. The first kappa shape index (κ1) is 12.7. The van der Waals surface area contributed by atoms with E-state index < -0.39 is 0 Å². The zero-order valence-corrected chi connectivity index (χ0v) is 10.0. The molecule has 90 valence electrons. The van der Waals surface area contributed by atoms with Gasteiger partial charge in [0.15, 0.2) is 0 Å². The number of nitrogens with one attached hydrogen (secondary N) is 1. The van der Waals surface area contributed by atoms with Gasteiger partial charge in [0.25, 0.3) is 0 Å². The van der Waals surface area contributed by atoms with Crippen molar-refractivity contribution in [2.75, 3.05) is 37.6 Å². The summed E-state index contributed by atoms with van der Waals surface area (Å²) in [6, 6.07) is 1.92. The summed E-state index contributed by atoms with van der Waals surface area (Å²) in [5.74, 6) is 6.59. The summed E-state index contributed by atoms with van der Waals surface area (Å²) in [6.45, 7) is 3.54. The third-order valence-corrected chi connectivity index (χ3v) is 2.20. The van der Waals surface area contributed by atoms with Gasteiger partial charge in [-0.25, -0.2) is 10.8 Å². The standard InChI is InChI=1S/C10H19N5O/c1-8-7-9(13-10(12-8)14-11)15(2)5-4-6-16-3/h7H,4-6,11H2,1-3H3,(H,12,13,14). The van der Waals surface area contributed by atoms with E-state index in [2.05, 4.69) is 20.3 Å². The Morgan fingerprint density at radius 3 is 2.88 bits per heavy atom. The molecule has 1 rings (SSSR count). The molecule has 0 fully saturated rings. The van der Waals surface area contributed by atoms with Gasteiger partial charge in [0.05, 0.1) is 0 Å². The molecule has 0 aliphatic carbocycles. The molecule has 6 nitrogen and oxygen atoms in total. The van der Waals surface area contributed by atoms with Gasteiger partial charge in [-0.3, -0.25) is 5.43 Å². The largest absolute Gasteiger partial charge is 0.385 e. The van der Waals surface area contributed by atoms with E-state index in [0.29, 0.717) is 5.95 Å². The summed E-state index contributed by atoms with van der Waals surface area (Å²) in [5, 5.41) is 0. The van der Waals surface area contributed by atoms with Gasteiger partial charge in [-0.1, -0.05) is 0 Å². The molecule has 0 atom stereocenters. The Labute approximate surface area is 95.8 Å². The third kappa shape index (κ3) is 3.63. The summed E-state index contributed by atoms with van der Waals surface area (Å²) in [5.41, 5.74) is 3.34. The molecule has 1 heterocycles. The molecule has 1 aromatic rings. The van der Waals surface area contributed by atoms with Crippen LogP contribution in [0.5, 0.6) is 0 Å². The smallest absolute Gasteiger partial charge is 0.239 e. The number of nitrogen functional groups attached to an aromatic ring is 1. The predicted molar refractivity (Wildman–Crippen MR) is 64.3 cm³/mol. The summed E-state index contributed by atoms with van der Waals surface area (Å²) in [4.78, 5) is 10.5. The highest BCUT2D eigenvalue weighted by Gasteiger charge is 2.05. The molecule has 0 aromatic carbocycles. The molecule has 0 saturated carbocycles. The maximum absolute atomic E-state index is 5.30. The number of methoxy groups -OCH3 is 1. The van der Waals surface area contributed by atoms with Gasteiger partial charge < -0.3 is 9.64 Å². The molecule has 0 bridgehead atoms. The number of nitrogens with two attached hydrogens (primary N) is 1. The van der Waals surface area contributed by atoms with Crippen LogP contribution in [0.15, 0.2) is 6.07 Å². The number of aromatic nitrogens is 2.